The maximum atomic E-state index is 9.29. The summed E-state index contributed by atoms with van der Waals surface area (Å²) in [6.45, 7) is 12.0. The second-order valence-electron chi connectivity index (χ2n) is 7.45. The molecule has 0 aliphatic carbocycles. The first-order valence-electron chi connectivity index (χ1n) is 10.1. The van der Waals surface area contributed by atoms with Gasteiger partial charge in [0.05, 0.1) is 11.0 Å². The van der Waals surface area contributed by atoms with Crippen LogP contribution in [0.2, 0.25) is 0 Å². The molecule has 1 heterocycles. The van der Waals surface area contributed by atoms with Gasteiger partial charge in [0.15, 0.2) is 5.96 Å². The van der Waals surface area contributed by atoms with E-state index >= 15 is 0 Å². The fourth-order valence-corrected chi connectivity index (χ4v) is 3.46. The van der Waals surface area contributed by atoms with Crippen molar-refractivity contribution in [3.63, 3.8) is 0 Å². The fraction of sp³-hybridized carbons (Fsp3) is 0.619. The quantitative estimate of drug-likeness (QED) is 0.265. The Kier molecular flexibility index (Phi) is 11.4. The Morgan fingerprint density at radius 1 is 1.25 bits per heavy atom. The maximum Gasteiger partial charge on any atom is 0.191 e. The molecule has 1 unspecified atom stereocenters. The Bertz CT molecular complexity index is 729. The fourth-order valence-electron chi connectivity index (χ4n) is 3.46. The molecule has 0 bridgehead atoms. The zero-order chi connectivity index (χ0) is 19.6. The molecule has 2 aromatic rings. The molecule has 1 aromatic heterocycles. The van der Waals surface area contributed by atoms with Gasteiger partial charge in [0.2, 0.25) is 0 Å². The Morgan fingerprint density at radius 3 is 2.68 bits per heavy atom. The standard InChI is InChI=1S/C21H35N5O.HI/c1-5-22-21(24-15-18(10-13-27)14-16(2)3)23-11-12-26-17(4)25-19-8-6-7-9-20(19)26;/h6-9,16,18,27H,5,10-15H2,1-4H3,(H2,22,23,24);1H. The smallest absolute Gasteiger partial charge is 0.191 e. The third-order valence-electron chi connectivity index (χ3n) is 4.67. The average Bonchev–Trinajstić information content (AvgIpc) is 2.94. The van der Waals surface area contributed by atoms with Crippen LogP contribution in [0, 0.1) is 18.8 Å². The second-order valence-corrected chi connectivity index (χ2v) is 7.45. The molecular formula is C21H36IN5O. The monoisotopic (exact) mass is 501 g/mol. The second kappa shape index (κ2) is 13.0. The molecule has 0 aliphatic rings. The summed E-state index contributed by atoms with van der Waals surface area (Å²) < 4.78 is 2.24. The molecule has 0 aliphatic heterocycles. The van der Waals surface area contributed by atoms with Gasteiger partial charge in [0.25, 0.3) is 0 Å². The highest BCUT2D eigenvalue weighted by Crippen LogP contribution is 2.16. The first-order valence-corrected chi connectivity index (χ1v) is 10.1. The van der Waals surface area contributed by atoms with E-state index in [1.165, 1.54) is 5.52 Å². The van der Waals surface area contributed by atoms with Gasteiger partial charge in [-0.3, -0.25) is 4.99 Å². The van der Waals surface area contributed by atoms with Gasteiger partial charge >= 0.3 is 0 Å². The third kappa shape index (κ3) is 7.58. The molecule has 1 aromatic carbocycles. The molecule has 6 nitrogen and oxygen atoms in total. The van der Waals surface area contributed by atoms with Crippen molar-refractivity contribution >= 4 is 41.0 Å². The number of aliphatic imine (C=N–C) groups is 1. The van der Waals surface area contributed by atoms with Gasteiger partial charge in [-0.1, -0.05) is 26.0 Å². The van der Waals surface area contributed by atoms with Gasteiger partial charge in [0, 0.05) is 32.8 Å². The summed E-state index contributed by atoms with van der Waals surface area (Å²) in [5, 5.41) is 16.0. The lowest BCUT2D eigenvalue weighted by Crippen LogP contribution is -2.39. The van der Waals surface area contributed by atoms with Crippen molar-refractivity contribution in [1.29, 1.82) is 0 Å². The van der Waals surface area contributed by atoms with E-state index in [-0.39, 0.29) is 30.6 Å². The van der Waals surface area contributed by atoms with Crippen molar-refractivity contribution in [2.75, 3.05) is 26.2 Å². The van der Waals surface area contributed by atoms with E-state index in [0.717, 1.165) is 56.3 Å². The summed E-state index contributed by atoms with van der Waals surface area (Å²) >= 11 is 0. The molecule has 0 saturated carbocycles. The first kappa shape index (κ1) is 24.7. The number of aromatic nitrogens is 2. The van der Waals surface area contributed by atoms with Crippen molar-refractivity contribution in [2.24, 2.45) is 16.8 Å². The van der Waals surface area contributed by atoms with Crippen LogP contribution in [0.4, 0.5) is 0 Å². The van der Waals surface area contributed by atoms with Gasteiger partial charge in [-0.15, -0.1) is 24.0 Å². The average molecular weight is 501 g/mol. The summed E-state index contributed by atoms with van der Waals surface area (Å²) in [6.07, 6.45) is 1.89. The van der Waals surface area contributed by atoms with Crippen LogP contribution >= 0.6 is 24.0 Å². The molecule has 3 N–H and O–H groups in total. The van der Waals surface area contributed by atoms with Crippen LogP contribution < -0.4 is 10.6 Å². The maximum absolute atomic E-state index is 9.29. The van der Waals surface area contributed by atoms with Crippen LogP contribution in [0.3, 0.4) is 0 Å². The van der Waals surface area contributed by atoms with E-state index in [1.54, 1.807) is 0 Å². The summed E-state index contributed by atoms with van der Waals surface area (Å²) in [5.41, 5.74) is 2.20. The number of halogens is 1. The molecule has 28 heavy (non-hydrogen) atoms. The van der Waals surface area contributed by atoms with Crippen LogP contribution in [0.25, 0.3) is 11.0 Å². The molecule has 2 rings (SSSR count). The SMILES string of the molecule is CCNC(=NCC(CCO)CC(C)C)NCCn1c(C)nc2ccccc21.I. The number of hydrogen-bond donors (Lipinski definition) is 3. The van der Waals surface area contributed by atoms with E-state index in [2.05, 4.69) is 53.1 Å². The molecule has 0 radical (unpaired) electrons. The molecule has 158 valence electrons. The van der Waals surface area contributed by atoms with Crippen molar-refractivity contribution in [3.05, 3.63) is 30.1 Å². The number of aliphatic hydroxyl groups is 1. The Hall–Kier alpha value is -1.35. The lowest BCUT2D eigenvalue weighted by atomic mass is 9.94. The van der Waals surface area contributed by atoms with Crippen LogP contribution in [0.15, 0.2) is 29.3 Å². The lowest BCUT2D eigenvalue weighted by molar-refractivity contribution is 0.245. The van der Waals surface area contributed by atoms with Gasteiger partial charge in [-0.05, 0) is 50.7 Å². The molecular weight excluding hydrogens is 465 g/mol. The molecule has 7 heteroatoms. The highest BCUT2D eigenvalue weighted by atomic mass is 127. The van der Waals surface area contributed by atoms with Gasteiger partial charge < -0.3 is 20.3 Å². The number of imidazole rings is 1. The molecule has 0 amide bonds. The minimum atomic E-state index is 0. The van der Waals surface area contributed by atoms with E-state index in [1.807, 2.05) is 19.1 Å². The predicted octanol–water partition coefficient (Wildman–Crippen LogP) is 3.56. The molecule has 0 spiro atoms. The van der Waals surface area contributed by atoms with Crippen LogP contribution in [0.1, 0.15) is 39.4 Å². The van der Waals surface area contributed by atoms with Crippen LogP contribution in [-0.2, 0) is 6.54 Å². The first-order chi connectivity index (χ1) is 13.0. The minimum absolute atomic E-state index is 0. The van der Waals surface area contributed by atoms with Crippen LogP contribution in [-0.4, -0.2) is 46.9 Å². The van der Waals surface area contributed by atoms with Gasteiger partial charge in [0.1, 0.15) is 5.82 Å². The zero-order valence-corrected chi connectivity index (χ0v) is 19.9. The number of aryl methyl sites for hydroxylation is 1. The van der Waals surface area contributed by atoms with Gasteiger partial charge in [-0.25, -0.2) is 4.98 Å². The number of rotatable bonds is 10. The summed E-state index contributed by atoms with van der Waals surface area (Å²) in [5.74, 6) is 2.90. The molecule has 0 fully saturated rings. The third-order valence-corrected chi connectivity index (χ3v) is 4.67. The number of guanidine groups is 1. The van der Waals surface area contributed by atoms with E-state index in [4.69, 9.17) is 4.99 Å². The highest BCUT2D eigenvalue weighted by Gasteiger charge is 2.11. The number of para-hydroxylation sites is 2. The van der Waals surface area contributed by atoms with Crippen molar-refractivity contribution < 1.29 is 5.11 Å². The largest absolute Gasteiger partial charge is 0.396 e. The number of benzene rings is 1. The van der Waals surface area contributed by atoms with Gasteiger partial charge in [-0.2, -0.15) is 0 Å². The number of nitrogens with zero attached hydrogens (tertiary/aromatic N) is 3. The normalized spacial score (nSPS) is 12.9. The molecule has 0 saturated heterocycles. The minimum Gasteiger partial charge on any atom is -0.396 e. The number of hydrogen-bond acceptors (Lipinski definition) is 3. The van der Waals surface area contributed by atoms with Crippen molar-refractivity contribution in [3.8, 4) is 0 Å². The summed E-state index contributed by atoms with van der Waals surface area (Å²) in [4.78, 5) is 9.37. The van der Waals surface area contributed by atoms with Crippen LogP contribution in [0.5, 0.6) is 0 Å². The highest BCUT2D eigenvalue weighted by molar-refractivity contribution is 14.0. The van der Waals surface area contributed by atoms with E-state index in [9.17, 15) is 5.11 Å². The summed E-state index contributed by atoms with van der Waals surface area (Å²) in [6, 6.07) is 8.23. The Labute approximate surface area is 186 Å². The van der Waals surface area contributed by atoms with Crippen molar-refractivity contribution in [1.82, 2.24) is 20.2 Å². The van der Waals surface area contributed by atoms with E-state index < -0.39 is 0 Å². The Balaban J connectivity index is 0.00000392. The number of nitrogens with one attached hydrogen (secondary N) is 2. The summed E-state index contributed by atoms with van der Waals surface area (Å²) in [7, 11) is 0. The Morgan fingerprint density at radius 2 is 2.00 bits per heavy atom. The molecule has 1 atom stereocenters. The topological polar surface area (TPSA) is 74.5 Å². The van der Waals surface area contributed by atoms with E-state index in [0.29, 0.717) is 11.8 Å². The number of aliphatic hydroxyl groups excluding tert-OH is 1. The predicted molar refractivity (Wildman–Crippen MR) is 129 cm³/mol. The number of fused-ring (bicyclic) bond motifs is 1. The lowest BCUT2D eigenvalue weighted by Gasteiger charge is -2.18. The van der Waals surface area contributed by atoms with Crippen molar-refractivity contribution in [2.45, 2.75) is 47.1 Å². The zero-order valence-electron chi connectivity index (χ0n) is 17.6.